The first-order valence-electron chi connectivity index (χ1n) is 8.65. The Morgan fingerprint density at radius 1 is 0.964 bits per heavy atom. The van der Waals surface area contributed by atoms with Crippen LogP contribution in [-0.2, 0) is 16.4 Å². The minimum atomic E-state index is -3.71. The maximum Gasteiger partial charge on any atom is 0.261 e. The van der Waals surface area contributed by atoms with Crippen LogP contribution in [0, 0.1) is 0 Å². The van der Waals surface area contributed by atoms with E-state index >= 15 is 0 Å². The summed E-state index contributed by atoms with van der Waals surface area (Å²) >= 11 is 0. The van der Waals surface area contributed by atoms with Gasteiger partial charge >= 0.3 is 0 Å². The summed E-state index contributed by atoms with van der Waals surface area (Å²) in [6, 6.07) is 16.7. The van der Waals surface area contributed by atoms with E-state index in [-0.39, 0.29) is 4.90 Å². The Balaban J connectivity index is 1.41. The molecule has 0 aliphatic heterocycles. The van der Waals surface area contributed by atoms with Crippen molar-refractivity contribution in [2.45, 2.75) is 11.3 Å². The van der Waals surface area contributed by atoms with E-state index in [1.807, 2.05) is 18.2 Å². The van der Waals surface area contributed by atoms with Gasteiger partial charge in [0.2, 0.25) is 0 Å². The number of nitrogens with one attached hydrogen (secondary N) is 1. The van der Waals surface area contributed by atoms with Crippen molar-refractivity contribution in [3.8, 4) is 16.9 Å². The van der Waals surface area contributed by atoms with E-state index in [0.29, 0.717) is 11.5 Å². The number of fused-ring (bicyclic) bond motifs is 3. The van der Waals surface area contributed by atoms with Crippen molar-refractivity contribution in [2.75, 3.05) is 4.72 Å². The molecule has 0 spiro atoms. The van der Waals surface area contributed by atoms with Crippen LogP contribution in [0.15, 0.2) is 78.3 Å². The molecule has 1 N–H and O–H groups in total. The van der Waals surface area contributed by atoms with E-state index in [2.05, 4.69) is 31.9 Å². The van der Waals surface area contributed by atoms with Crippen LogP contribution in [0.5, 0.6) is 0 Å². The molecule has 5 rings (SSSR count). The van der Waals surface area contributed by atoms with Crippen LogP contribution in [-0.4, -0.2) is 28.2 Å². The van der Waals surface area contributed by atoms with E-state index in [0.717, 1.165) is 17.5 Å². The SMILES string of the molecule is O=S(=O)(Nc1ccc(-n2cncn2)nc1)c1ccc2c(c1)Cc1ccccc1-2. The first-order valence-corrected chi connectivity index (χ1v) is 10.1. The Morgan fingerprint density at radius 2 is 1.82 bits per heavy atom. The zero-order chi connectivity index (χ0) is 19.1. The van der Waals surface area contributed by atoms with E-state index in [1.165, 1.54) is 34.7 Å². The number of pyridine rings is 1. The molecule has 2 heterocycles. The molecular formula is C20H15N5O2S. The van der Waals surface area contributed by atoms with Crippen molar-refractivity contribution in [1.29, 1.82) is 0 Å². The molecule has 1 aliphatic carbocycles. The number of hydrogen-bond acceptors (Lipinski definition) is 5. The number of nitrogens with zero attached hydrogens (tertiary/aromatic N) is 4. The molecule has 1 aliphatic rings. The third-order valence-electron chi connectivity index (χ3n) is 4.73. The number of hydrogen-bond donors (Lipinski definition) is 1. The minimum Gasteiger partial charge on any atom is -0.278 e. The van der Waals surface area contributed by atoms with E-state index < -0.39 is 10.0 Å². The average Bonchev–Trinajstić information content (AvgIpc) is 3.35. The molecule has 0 bridgehead atoms. The Hall–Kier alpha value is -3.52. The first kappa shape index (κ1) is 16.6. The Bertz CT molecular complexity index is 1270. The Labute approximate surface area is 161 Å². The quantitative estimate of drug-likeness (QED) is 0.510. The summed E-state index contributed by atoms with van der Waals surface area (Å²) in [5, 5.41) is 3.99. The average molecular weight is 389 g/mol. The van der Waals surface area contributed by atoms with Gasteiger partial charge in [0.1, 0.15) is 12.7 Å². The molecule has 28 heavy (non-hydrogen) atoms. The van der Waals surface area contributed by atoms with Gasteiger partial charge in [-0.25, -0.2) is 23.1 Å². The minimum absolute atomic E-state index is 0.236. The van der Waals surface area contributed by atoms with Crippen LogP contribution >= 0.6 is 0 Å². The molecule has 0 amide bonds. The highest BCUT2D eigenvalue weighted by Crippen LogP contribution is 2.37. The number of sulfonamides is 1. The summed E-state index contributed by atoms with van der Waals surface area (Å²) in [6.07, 6.45) is 5.12. The maximum absolute atomic E-state index is 12.8. The van der Waals surface area contributed by atoms with Gasteiger partial charge in [-0.2, -0.15) is 5.10 Å². The summed E-state index contributed by atoms with van der Waals surface area (Å²) in [5.74, 6) is 0.552. The van der Waals surface area contributed by atoms with Gasteiger partial charge in [-0.15, -0.1) is 0 Å². The molecule has 7 nitrogen and oxygen atoms in total. The summed E-state index contributed by atoms with van der Waals surface area (Å²) in [4.78, 5) is 8.32. The number of aromatic nitrogens is 4. The Kier molecular flexibility index (Phi) is 3.73. The third-order valence-corrected chi connectivity index (χ3v) is 6.11. The van der Waals surface area contributed by atoms with Crippen molar-refractivity contribution in [3.05, 3.63) is 84.6 Å². The Morgan fingerprint density at radius 3 is 2.61 bits per heavy atom. The molecule has 0 fully saturated rings. The van der Waals surface area contributed by atoms with Crippen LogP contribution in [0.2, 0.25) is 0 Å². The second-order valence-electron chi connectivity index (χ2n) is 6.50. The fourth-order valence-electron chi connectivity index (χ4n) is 3.41. The van der Waals surface area contributed by atoms with Crippen molar-refractivity contribution >= 4 is 15.7 Å². The highest BCUT2D eigenvalue weighted by molar-refractivity contribution is 7.92. The van der Waals surface area contributed by atoms with Crippen LogP contribution in [0.3, 0.4) is 0 Å². The number of anilines is 1. The monoisotopic (exact) mass is 389 g/mol. The lowest BCUT2D eigenvalue weighted by atomic mass is 10.1. The maximum atomic E-state index is 12.8. The van der Waals surface area contributed by atoms with Crippen molar-refractivity contribution in [3.63, 3.8) is 0 Å². The van der Waals surface area contributed by atoms with Crippen LogP contribution < -0.4 is 4.72 Å². The van der Waals surface area contributed by atoms with Gasteiger partial charge in [-0.05, 0) is 52.9 Å². The first-order chi connectivity index (χ1) is 13.6. The van der Waals surface area contributed by atoms with Crippen LogP contribution in [0.25, 0.3) is 16.9 Å². The zero-order valence-electron chi connectivity index (χ0n) is 14.6. The number of rotatable bonds is 4. The van der Waals surface area contributed by atoms with Gasteiger partial charge in [0.15, 0.2) is 5.82 Å². The van der Waals surface area contributed by atoms with Gasteiger partial charge < -0.3 is 0 Å². The predicted octanol–water partition coefficient (Wildman–Crippen LogP) is 3.03. The fourth-order valence-corrected chi connectivity index (χ4v) is 4.50. The lowest BCUT2D eigenvalue weighted by Crippen LogP contribution is -2.13. The fraction of sp³-hybridized carbons (Fsp3) is 0.0500. The molecule has 0 radical (unpaired) electrons. The molecule has 138 valence electrons. The van der Waals surface area contributed by atoms with Crippen molar-refractivity contribution < 1.29 is 8.42 Å². The second-order valence-corrected chi connectivity index (χ2v) is 8.19. The highest BCUT2D eigenvalue weighted by Gasteiger charge is 2.22. The van der Waals surface area contributed by atoms with Gasteiger partial charge in [-0.1, -0.05) is 30.3 Å². The van der Waals surface area contributed by atoms with Gasteiger partial charge in [0.25, 0.3) is 10.0 Å². The lowest BCUT2D eigenvalue weighted by Gasteiger charge is -2.10. The van der Waals surface area contributed by atoms with E-state index in [4.69, 9.17) is 0 Å². The molecule has 0 saturated carbocycles. The van der Waals surface area contributed by atoms with E-state index in [9.17, 15) is 8.42 Å². The molecule has 2 aromatic carbocycles. The molecule has 0 atom stereocenters. The van der Waals surface area contributed by atoms with Crippen LogP contribution in [0.4, 0.5) is 5.69 Å². The smallest absolute Gasteiger partial charge is 0.261 e. The third kappa shape index (κ3) is 2.84. The molecule has 0 saturated heterocycles. The summed E-state index contributed by atoms with van der Waals surface area (Å²) < 4.78 is 29.7. The molecule has 0 unspecified atom stereocenters. The largest absolute Gasteiger partial charge is 0.278 e. The molecule has 2 aromatic heterocycles. The topological polar surface area (TPSA) is 89.8 Å². The predicted molar refractivity (Wildman–Crippen MR) is 105 cm³/mol. The number of benzene rings is 2. The zero-order valence-corrected chi connectivity index (χ0v) is 15.5. The van der Waals surface area contributed by atoms with Crippen molar-refractivity contribution in [2.24, 2.45) is 0 Å². The van der Waals surface area contributed by atoms with Crippen molar-refractivity contribution in [1.82, 2.24) is 19.7 Å². The molecule has 8 heteroatoms. The molecular weight excluding hydrogens is 374 g/mol. The van der Waals surface area contributed by atoms with Gasteiger partial charge in [-0.3, -0.25) is 4.72 Å². The van der Waals surface area contributed by atoms with Gasteiger partial charge in [0.05, 0.1) is 16.8 Å². The van der Waals surface area contributed by atoms with Gasteiger partial charge in [0, 0.05) is 0 Å². The summed E-state index contributed by atoms with van der Waals surface area (Å²) in [5.41, 5.74) is 4.87. The molecule has 4 aromatic rings. The van der Waals surface area contributed by atoms with Crippen LogP contribution in [0.1, 0.15) is 11.1 Å². The standard InChI is InChI=1S/C20H15N5O2S/c26-28(27,24-16-5-8-20(22-11-16)25-13-21-12-23-25)17-6-7-19-15(10-17)9-14-3-1-2-4-18(14)19/h1-8,10-13,24H,9H2. The normalized spacial score (nSPS) is 12.4. The summed E-state index contributed by atoms with van der Waals surface area (Å²) in [6.45, 7) is 0. The summed E-state index contributed by atoms with van der Waals surface area (Å²) in [7, 11) is -3.71. The second kappa shape index (κ2) is 6.28. The highest BCUT2D eigenvalue weighted by atomic mass is 32.2. The van der Waals surface area contributed by atoms with E-state index in [1.54, 1.807) is 24.3 Å². The lowest BCUT2D eigenvalue weighted by molar-refractivity contribution is 0.601.